The summed E-state index contributed by atoms with van der Waals surface area (Å²) in [5, 5.41) is 3.62. The van der Waals surface area contributed by atoms with Crippen molar-refractivity contribution in [3.8, 4) is 0 Å². The van der Waals surface area contributed by atoms with Crippen LogP contribution in [-0.2, 0) is 4.74 Å². The number of hydrogen-bond acceptors (Lipinski definition) is 3. The lowest BCUT2D eigenvalue weighted by molar-refractivity contribution is 0.0997. The maximum Gasteiger partial charge on any atom is 0.0931 e. The van der Waals surface area contributed by atoms with Crippen LogP contribution in [0.2, 0.25) is 4.34 Å². The van der Waals surface area contributed by atoms with E-state index < -0.39 is 0 Å². The summed E-state index contributed by atoms with van der Waals surface area (Å²) in [5.41, 5.74) is 0. The lowest BCUT2D eigenvalue weighted by Crippen LogP contribution is -2.22. The van der Waals surface area contributed by atoms with Crippen molar-refractivity contribution in [2.75, 3.05) is 13.2 Å². The van der Waals surface area contributed by atoms with E-state index in [4.69, 9.17) is 16.3 Å². The van der Waals surface area contributed by atoms with Crippen molar-refractivity contribution in [3.05, 3.63) is 21.3 Å². The maximum atomic E-state index is 6.03. The summed E-state index contributed by atoms with van der Waals surface area (Å²) in [7, 11) is 0. The average molecular weight is 288 g/mol. The van der Waals surface area contributed by atoms with Crippen molar-refractivity contribution in [1.82, 2.24) is 5.32 Å². The Morgan fingerprint density at radius 1 is 1.56 bits per heavy atom. The molecule has 0 radical (unpaired) electrons. The third kappa shape index (κ3) is 4.23. The van der Waals surface area contributed by atoms with E-state index in [-0.39, 0.29) is 0 Å². The molecule has 4 heteroatoms. The SMILES string of the molecule is CCCNC(CCC1CCCO1)c1ccc(Cl)s1. The van der Waals surface area contributed by atoms with E-state index in [1.807, 2.05) is 6.07 Å². The molecule has 2 rings (SSSR count). The van der Waals surface area contributed by atoms with Gasteiger partial charge >= 0.3 is 0 Å². The largest absolute Gasteiger partial charge is 0.378 e. The zero-order valence-electron chi connectivity index (χ0n) is 11.0. The van der Waals surface area contributed by atoms with E-state index in [1.54, 1.807) is 11.3 Å². The van der Waals surface area contributed by atoms with Crippen molar-refractivity contribution < 1.29 is 4.74 Å². The Bertz CT molecular complexity index is 349. The normalized spacial score (nSPS) is 21.3. The molecule has 1 fully saturated rings. The maximum absolute atomic E-state index is 6.03. The van der Waals surface area contributed by atoms with E-state index in [1.165, 1.54) is 17.7 Å². The van der Waals surface area contributed by atoms with Gasteiger partial charge in [0.25, 0.3) is 0 Å². The first-order valence-electron chi connectivity index (χ1n) is 6.90. The second-order valence-electron chi connectivity index (χ2n) is 4.86. The molecule has 0 amide bonds. The molecule has 0 bridgehead atoms. The lowest BCUT2D eigenvalue weighted by Gasteiger charge is -2.19. The van der Waals surface area contributed by atoms with Gasteiger partial charge in [-0.25, -0.2) is 0 Å². The predicted octanol–water partition coefficient (Wildman–Crippen LogP) is 4.40. The van der Waals surface area contributed by atoms with Crippen LogP contribution in [0.3, 0.4) is 0 Å². The van der Waals surface area contributed by atoms with Crippen LogP contribution in [0.4, 0.5) is 0 Å². The zero-order chi connectivity index (χ0) is 12.8. The van der Waals surface area contributed by atoms with Gasteiger partial charge in [-0.2, -0.15) is 0 Å². The number of halogens is 1. The van der Waals surface area contributed by atoms with Crippen LogP contribution in [0.25, 0.3) is 0 Å². The lowest BCUT2D eigenvalue weighted by atomic mass is 10.0. The molecule has 0 aromatic carbocycles. The molecule has 1 aliphatic rings. The van der Waals surface area contributed by atoms with Crippen molar-refractivity contribution >= 4 is 22.9 Å². The Kier molecular flexibility index (Phi) is 5.96. The Morgan fingerprint density at radius 3 is 3.06 bits per heavy atom. The second-order valence-corrected chi connectivity index (χ2v) is 6.61. The molecular formula is C14H22ClNOS. The quantitative estimate of drug-likeness (QED) is 0.802. The molecule has 1 saturated heterocycles. The highest BCUT2D eigenvalue weighted by Crippen LogP contribution is 2.31. The van der Waals surface area contributed by atoms with Crippen LogP contribution in [-0.4, -0.2) is 19.3 Å². The Balaban J connectivity index is 1.87. The van der Waals surface area contributed by atoms with Crippen LogP contribution in [0.15, 0.2) is 12.1 Å². The molecule has 0 spiro atoms. The smallest absolute Gasteiger partial charge is 0.0931 e. The van der Waals surface area contributed by atoms with Gasteiger partial charge in [-0.15, -0.1) is 11.3 Å². The van der Waals surface area contributed by atoms with Crippen molar-refractivity contribution in [2.24, 2.45) is 0 Å². The third-order valence-electron chi connectivity index (χ3n) is 3.38. The highest BCUT2D eigenvalue weighted by atomic mass is 35.5. The molecular weight excluding hydrogens is 266 g/mol. The molecule has 1 aliphatic heterocycles. The Labute approximate surface area is 119 Å². The molecule has 1 aromatic rings. The topological polar surface area (TPSA) is 21.3 Å². The van der Waals surface area contributed by atoms with E-state index in [0.29, 0.717) is 12.1 Å². The molecule has 2 atom stereocenters. The molecule has 0 saturated carbocycles. The van der Waals surface area contributed by atoms with Gasteiger partial charge in [-0.1, -0.05) is 18.5 Å². The van der Waals surface area contributed by atoms with Crippen LogP contribution < -0.4 is 5.32 Å². The fourth-order valence-corrected chi connectivity index (χ4v) is 3.57. The highest BCUT2D eigenvalue weighted by Gasteiger charge is 2.19. The number of ether oxygens (including phenoxy) is 1. The minimum atomic E-state index is 0.437. The molecule has 18 heavy (non-hydrogen) atoms. The van der Waals surface area contributed by atoms with E-state index in [2.05, 4.69) is 18.3 Å². The van der Waals surface area contributed by atoms with Crippen LogP contribution in [0.1, 0.15) is 49.9 Å². The van der Waals surface area contributed by atoms with Crippen LogP contribution >= 0.6 is 22.9 Å². The van der Waals surface area contributed by atoms with Crippen LogP contribution in [0, 0.1) is 0 Å². The molecule has 1 N–H and O–H groups in total. The van der Waals surface area contributed by atoms with Gasteiger partial charge in [0.2, 0.25) is 0 Å². The zero-order valence-corrected chi connectivity index (χ0v) is 12.5. The van der Waals surface area contributed by atoms with Crippen molar-refractivity contribution in [1.29, 1.82) is 0 Å². The number of hydrogen-bond donors (Lipinski definition) is 1. The monoisotopic (exact) mass is 287 g/mol. The molecule has 0 aliphatic carbocycles. The second kappa shape index (κ2) is 7.49. The molecule has 2 unspecified atom stereocenters. The highest BCUT2D eigenvalue weighted by molar-refractivity contribution is 7.16. The third-order valence-corrected chi connectivity index (χ3v) is 4.72. The fraction of sp³-hybridized carbons (Fsp3) is 0.714. The van der Waals surface area contributed by atoms with Gasteiger partial charge in [0.05, 0.1) is 10.4 Å². The van der Waals surface area contributed by atoms with E-state index in [0.717, 1.165) is 36.8 Å². The summed E-state index contributed by atoms with van der Waals surface area (Å²) in [6.07, 6.45) is 6.38. The van der Waals surface area contributed by atoms with E-state index in [9.17, 15) is 0 Å². The average Bonchev–Trinajstić information content (AvgIpc) is 3.01. The summed E-state index contributed by atoms with van der Waals surface area (Å²) in [4.78, 5) is 1.35. The number of thiophene rings is 1. The molecule has 2 nitrogen and oxygen atoms in total. The molecule has 1 aromatic heterocycles. The fourth-order valence-electron chi connectivity index (χ4n) is 2.40. The summed E-state index contributed by atoms with van der Waals surface area (Å²) < 4.78 is 6.58. The summed E-state index contributed by atoms with van der Waals surface area (Å²) in [6, 6.07) is 4.58. The summed E-state index contributed by atoms with van der Waals surface area (Å²) in [6.45, 7) is 4.21. The van der Waals surface area contributed by atoms with Crippen molar-refractivity contribution in [2.45, 2.75) is 51.2 Å². The van der Waals surface area contributed by atoms with Crippen LogP contribution in [0.5, 0.6) is 0 Å². The standard InChI is InChI=1S/C14H22ClNOS/c1-2-9-16-12(13-7-8-14(15)18-13)6-5-11-4-3-10-17-11/h7-8,11-12,16H,2-6,9-10H2,1H3. The summed E-state index contributed by atoms with van der Waals surface area (Å²) in [5.74, 6) is 0. The van der Waals surface area contributed by atoms with Crippen molar-refractivity contribution in [3.63, 3.8) is 0 Å². The molecule has 2 heterocycles. The number of nitrogens with one attached hydrogen (secondary N) is 1. The molecule has 102 valence electrons. The van der Waals surface area contributed by atoms with Gasteiger partial charge in [0.1, 0.15) is 0 Å². The number of rotatable bonds is 7. The van der Waals surface area contributed by atoms with Gasteiger partial charge < -0.3 is 10.1 Å². The van der Waals surface area contributed by atoms with E-state index >= 15 is 0 Å². The minimum Gasteiger partial charge on any atom is -0.378 e. The predicted molar refractivity (Wildman–Crippen MR) is 78.6 cm³/mol. The Hall–Kier alpha value is -0.0900. The van der Waals surface area contributed by atoms with Gasteiger partial charge in [0, 0.05) is 17.5 Å². The first-order chi connectivity index (χ1) is 8.79. The van der Waals surface area contributed by atoms with Gasteiger partial charge in [0.15, 0.2) is 0 Å². The van der Waals surface area contributed by atoms with Gasteiger partial charge in [-0.05, 0) is 50.8 Å². The summed E-state index contributed by atoms with van der Waals surface area (Å²) >= 11 is 7.72. The minimum absolute atomic E-state index is 0.437. The Morgan fingerprint density at radius 2 is 2.44 bits per heavy atom. The van der Waals surface area contributed by atoms with Gasteiger partial charge in [-0.3, -0.25) is 0 Å². The first-order valence-corrected chi connectivity index (χ1v) is 8.09. The first kappa shape index (κ1) is 14.3.